The normalized spacial score (nSPS) is 12.3. The summed E-state index contributed by atoms with van der Waals surface area (Å²) in [6.07, 6.45) is 0. The lowest BCUT2D eigenvalue weighted by Gasteiger charge is -2.10. The molecule has 1 rings (SSSR count). The fourth-order valence-electron chi connectivity index (χ4n) is 1.20. The Balaban J connectivity index is 3.15. The van der Waals surface area contributed by atoms with E-state index in [2.05, 4.69) is 15.9 Å². The molecule has 0 aliphatic rings. The van der Waals surface area contributed by atoms with Gasteiger partial charge < -0.3 is 4.74 Å². The molecule has 0 saturated heterocycles. The summed E-state index contributed by atoms with van der Waals surface area (Å²) >= 11 is 15.2. The Morgan fingerprint density at radius 2 is 2.06 bits per heavy atom. The van der Waals surface area contributed by atoms with Gasteiger partial charge in [-0.05, 0) is 19.9 Å². The van der Waals surface area contributed by atoms with Crippen LogP contribution in [-0.4, -0.2) is 17.2 Å². The SMILES string of the molecule is CCOc1cc(Cl)c(C(=O)C(C)Br)cc1Cl. The van der Waals surface area contributed by atoms with Crippen molar-refractivity contribution < 1.29 is 9.53 Å². The van der Waals surface area contributed by atoms with E-state index in [0.29, 0.717) is 28.0 Å². The van der Waals surface area contributed by atoms with Gasteiger partial charge in [0, 0.05) is 11.6 Å². The Bertz CT molecular complexity index is 405. The highest BCUT2D eigenvalue weighted by Gasteiger charge is 2.18. The lowest BCUT2D eigenvalue weighted by molar-refractivity contribution is 0.0996. The highest BCUT2D eigenvalue weighted by molar-refractivity contribution is 9.10. The van der Waals surface area contributed by atoms with Gasteiger partial charge >= 0.3 is 0 Å². The van der Waals surface area contributed by atoms with Crippen LogP contribution < -0.4 is 4.74 Å². The number of carbonyl (C=O) groups excluding carboxylic acids is 1. The Kier molecular flexibility index (Phi) is 5.09. The van der Waals surface area contributed by atoms with Gasteiger partial charge in [-0.15, -0.1) is 0 Å². The van der Waals surface area contributed by atoms with Gasteiger partial charge in [-0.25, -0.2) is 0 Å². The van der Waals surface area contributed by atoms with Crippen molar-refractivity contribution in [2.24, 2.45) is 0 Å². The van der Waals surface area contributed by atoms with E-state index in [9.17, 15) is 4.79 Å². The average molecular weight is 326 g/mol. The van der Waals surface area contributed by atoms with Crippen molar-refractivity contribution in [3.8, 4) is 5.75 Å². The summed E-state index contributed by atoms with van der Waals surface area (Å²) in [7, 11) is 0. The van der Waals surface area contributed by atoms with Crippen LogP contribution in [0, 0.1) is 0 Å². The molecule has 0 amide bonds. The van der Waals surface area contributed by atoms with Gasteiger partial charge in [0.25, 0.3) is 0 Å². The second-order valence-electron chi connectivity index (χ2n) is 3.18. The fourth-order valence-corrected chi connectivity index (χ4v) is 1.91. The number of Topliss-reactive ketones (excluding diaryl/α,β-unsaturated/α-hetero) is 1. The molecule has 5 heteroatoms. The van der Waals surface area contributed by atoms with E-state index in [1.165, 1.54) is 6.07 Å². The third-order valence-corrected chi connectivity index (χ3v) is 2.97. The molecule has 0 N–H and O–H groups in total. The van der Waals surface area contributed by atoms with Crippen LogP contribution in [0.15, 0.2) is 12.1 Å². The number of hydrogen-bond acceptors (Lipinski definition) is 2. The Hall–Kier alpha value is -0.250. The van der Waals surface area contributed by atoms with Crippen molar-refractivity contribution >= 4 is 44.9 Å². The molecule has 0 spiro atoms. The fraction of sp³-hybridized carbons (Fsp3) is 0.364. The minimum atomic E-state index is -0.293. The molecule has 0 aliphatic heterocycles. The minimum Gasteiger partial charge on any atom is -0.492 e. The molecule has 0 aromatic heterocycles. The number of alkyl halides is 1. The van der Waals surface area contributed by atoms with Crippen LogP contribution in [0.2, 0.25) is 10.0 Å². The van der Waals surface area contributed by atoms with Crippen LogP contribution in [0.5, 0.6) is 5.75 Å². The largest absolute Gasteiger partial charge is 0.492 e. The Morgan fingerprint density at radius 1 is 1.44 bits per heavy atom. The number of rotatable bonds is 4. The second-order valence-corrected chi connectivity index (χ2v) is 5.36. The molecule has 0 radical (unpaired) electrons. The van der Waals surface area contributed by atoms with Crippen molar-refractivity contribution in [3.63, 3.8) is 0 Å². The predicted octanol–water partition coefficient (Wildman–Crippen LogP) is 4.36. The number of benzene rings is 1. The van der Waals surface area contributed by atoms with E-state index in [0.717, 1.165) is 0 Å². The maximum Gasteiger partial charge on any atom is 0.177 e. The van der Waals surface area contributed by atoms with E-state index in [1.807, 2.05) is 6.92 Å². The molecule has 1 atom stereocenters. The standard InChI is InChI=1S/C11H11BrCl2O2/c1-3-16-10-5-8(13)7(4-9(10)14)11(15)6(2)12/h4-6H,3H2,1-2H3. The van der Waals surface area contributed by atoms with E-state index in [1.54, 1.807) is 13.0 Å². The summed E-state index contributed by atoms with van der Waals surface area (Å²) in [6, 6.07) is 3.10. The van der Waals surface area contributed by atoms with Crippen molar-refractivity contribution in [1.82, 2.24) is 0 Å². The third-order valence-electron chi connectivity index (χ3n) is 1.95. The van der Waals surface area contributed by atoms with Crippen molar-refractivity contribution in [1.29, 1.82) is 0 Å². The zero-order valence-electron chi connectivity index (χ0n) is 8.89. The maximum absolute atomic E-state index is 11.8. The second kappa shape index (κ2) is 5.89. The molecular weight excluding hydrogens is 315 g/mol. The monoisotopic (exact) mass is 324 g/mol. The lowest BCUT2D eigenvalue weighted by Crippen LogP contribution is -2.10. The van der Waals surface area contributed by atoms with Crippen molar-refractivity contribution in [2.45, 2.75) is 18.7 Å². The maximum atomic E-state index is 11.8. The summed E-state index contributed by atoms with van der Waals surface area (Å²) in [5.74, 6) is 0.392. The molecule has 0 aliphatic carbocycles. The van der Waals surface area contributed by atoms with E-state index < -0.39 is 0 Å². The summed E-state index contributed by atoms with van der Waals surface area (Å²) in [6.45, 7) is 4.09. The van der Waals surface area contributed by atoms with Crippen LogP contribution in [0.4, 0.5) is 0 Å². The van der Waals surface area contributed by atoms with Gasteiger partial charge in [0.1, 0.15) is 5.75 Å². The van der Waals surface area contributed by atoms with Crippen LogP contribution in [0.3, 0.4) is 0 Å². The molecule has 88 valence electrons. The number of hydrogen-bond donors (Lipinski definition) is 0. The predicted molar refractivity (Wildman–Crippen MR) is 70.4 cm³/mol. The minimum absolute atomic E-state index is 0.102. The number of carbonyl (C=O) groups is 1. The van der Waals surface area contributed by atoms with E-state index >= 15 is 0 Å². The summed E-state index contributed by atoms with van der Waals surface area (Å²) in [5, 5.41) is 0.743. The zero-order chi connectivity index (χ0) is 12.3. The van der Waals surface area contributed by atoms with Crippen LogP contribution >= 0.6 is 39.1 Å². The zero-order valence-corrected chi connectivity index (χ0v) is 12.0. The smallest absolute Gasteiger partial charge is 0.177 e. The highest BCUT2D eigenvalue weighted by atomic mass is 79.9. The topological polar surface area (TPSA) is 26.3 Å². The molecule has 1 unspecified atom stereocenters. The molecule has 0 heterocycles. The first kappa shape index (κ1) is 13.8. The van der Waals surface area contributed by atoms with E-state index in [-0.39, 0.29) is 10.6 Å². The summed E-state index contributed by atoms with van der Waals surface area (Å²) in [5.41, 5.74) is 0.402. The van der Waals surface area contributed by atoms with Crippen LogP contribution in [-0.2, 0) is 0 Å². The molecule has 0 fully saturated rings. The Morgan fingerprint density at radius 3 is 2.56 bits per heavy atom. The Labute approximate surface area is 113 Å². The highest BCUT2D eigenvalue weighted by Crippen LogP contribution is 2.32. The first-order chi connectivity index (χ1) is 7.47. The van der Waals surface area contributed by atoms with Crippen molar-refractivity contribution in [2.75, 3.05) is 6.61 Å². The first-order valence-corrected chi connectivity index (χ1v) is 6.44. The summed E-state index contributed by atoms with van der Waals surface area (Å²) in [4.78, 5) is 11.5. The summed E-state index contributed by atoms with van der Waals surface area (Å²) < 4.78 is 5.27. The first-order valence-electron chi connectivity index (χ1n) is 4.77. The molecule has 1 aromatic rings. The third kappa shape index (κ3) is 3.12. The van der Waals surface area contributed by atoms with Gasteiger partial charge in [0.2, 0.25) is 0 Å². The molecule has 16 heavy (non-hydrogen) atoms. The molecule has 0 saturated carbocycles. The van der Waals surface area contributed by atoms with Gasteiger partial charge in [0.05, 0.1) is 21.5 Å². The van der Waals surface area contributed by atoms with Gasteiger partial charge in [0.15, 0.2) is 5.78 Å². The molecule has 1 aromatic carbocycles. The van der Waals surface area contributed by atoms with Crippen LogP contribution in [0.1, 0.15) is 24.2 Å². The van der Waals surface area contributed by atoms with Gasteiger partial charge in [-0.1, -0.05) is 39.1 Å². The lowest BCUT2D eigenvalue weighted by atomic mass is 10.1. The number of ether oxygens (including phenoxy) is 1. The van der Waals surface area contributed by atoms with Crippen LogP contribution in [0.25, 0.3) is 0 Å². The average Bonchev–Trinajstić information content (AvgIpc) is 2.22. The molecule has 0 bridgehead atoms. The number of halogens is 3. The molecule has 2 nitrogen and oxygen atoms in total. The molecular formula is C11H11BrCl2O2. The quantitative estimate of drug-likeness (QED) is 0.607. The van der Waals surface area contributed by atoms with E-state index in [4.69, 9.17) is 27.9 Å². The van der Waals surface area contributed by atoms with Gasteiger partial charge in [-0.2, -0.15) is 0 Å². The van der Waals surface area contributed by atoms with Crippen molar-refractivity contribution in [3.05, 3.63) is 27.7 Å². The van der Waals surface area contributed by atoms with Gasteiger partial charge in [-0.3, -0.25) is 4.79 Å². The number of ketones is 1.